The van der Waals surface area contributed by atoms with Crippen LogP contribution < -0.4 is 0 Å². The van der Waals surface area contributed by atoms with Gasteiger partial charge in [0.15, 0.2) is 0 Å². The van der Waals surface area contributed by atoms with Crippen LogP contribution in [-0.4, -0.2) is 34.2 Å². The molecule has 0 fully saturated rings. The first-order chi connectivity index (χ1) is 10.1. The van der Waals surface area contributed by atoms with E-state index < -0.39 is 0 Å². The molecule has 0 saturated carbocycles. The van der Waals surface area contributed by atoms with E-state index in [-0.39, 0.29) is 5.91 Å². The molecule has 0 radical (unpaired) electrons. The van der Waals surface area contributed by atoms with Crippen molar-refractivity contribution in [2.45, 2.75) is 26.7 Å². The molecule has 4 heteroatoms. The van der Waals surface area contributed by atoms with Gasteiger partial charge in [0.25, 0.3) is 0 Å². The summed E-state index contributed by atoms with van der Waals surface area (Å²) in [6.45, 7) is 5.05. The van der Waals surface area contributed by atoms with Gasteiger partial charge in [-0.2, -0.15) is 5.10 Å². The fourth-order valence-electron chi connectivity index (χ4n) is 2.30. The third-order valence-electron chi connectivity index (χ3n) is 3.35. The number of para-hydroxylation sites is 1. The Bertz CT molecular complexity index is 575. The Morgan fingerprint density at radius 3 is 2.67 bits per heavy atom. The van der Waals surface area contributed by atoms with Gasteiger partial charge in [0.1, 0.15) is 0 Å². The van der Waals surface area contributed by atoms with Crippen LogP contribution in [0.25, 0.3) is 5.69 Å². The summed E-state index contributed by atoms with van der Waals surface area (Å²) in [5, 5.41) is 4.35. The van der Waals surface area contributed by atoms with Crippen LogP contribution in [0.2, 0.25) is 0 Å². The second-order valence-corrected chi connectivity index (χ2v) is 5.80. The fraction of sp³-hybridized carbons (Fsp3) is 0.412. The zero-order valence-corrected chi connectivity index (χ0v) is 13.0. The van der Waals surface area contributed by atoms with E-state index in [2.05, 4.69) is 18.9 Å². The van der Waals surface area contributed by atoms with Crippen molar-refractivity contribution in [3.8, 4) is 5.69 Å². The van der Waals surface area contributed by atoms with E-state index in [1.807, 2.05) is 59.4 Å². The highest BCUT2D eigenvalue weighted by Crippen LogP contribution is 2.10. The molecule has 0 bridgehead atoms. The minimum atomic E-state index is 0.191. The Hall–Kier alpha value is -2.10. The summed E-state index contributed by atoms with van der Waals surface area (Å²) in [5.41, 5.74) is 2.12. The molecule has 21 heavy (non-hydrogen) atoms. The topological polar surface area (TPSA) is 38.1 Å². The van der Waals surface area contributed by atoms with Crippen LogP contribution in [0, 0.1) is 5.92 Å². The highest BCUT2D eigenvalue weighted by Gasteiger charge is 2.11. The maximum absolute atomic E-state index is 12.0. The van der Waals surface area contributed by atoms with Gasteiger partial charge in [-0.3, -0.25) is 4.79 Å². The summed E-state index contributed by atoms with van der Waals surface area (Å²) in [5.74, 6) is 0.691. The normalized spacial score (nSPS) is 10.9. The van der Waals surface area contributed by atoms with Gasteiger partial charge in [0.05, 0.1) is 11.9 Å². The number of rotatable bonds is 6. The predicted molar refractivity (Wildman–Crippen MR) is 84.4 cm³/mol. The number of hydrogen-bond acceptors (Lipinski definition) is 2. The molecule has 1 aromatic carbocycles. The molecule has 2 rings (SSSR count). The number of aryl methyl sites for hydroxylation is 1. The van der Waals surface area contributed by atoms with E-state index >= 15 is 0 Å². The van der Waals surface area contributed by atoms with Gasteiger partial charge < -0.3 is 4.90 Å². The molecule has 0 N–H and O–H groups in total. The number of hydrogen-bond donors (Lipinski definition) is 0. The summed E-state index contributed by atoms with van der Waals surface area (Å²) >= 11 is 0. The molecule has 2 aromatic rings. The second-order valence-electron chi connectivity index (χ2n) is 5.80. The molecule has 0 aliphatic heterocycles. The Labute approximate surface area is 126 Å². The quantitative estimate of drug-likeness (QED) is 0.818. The molecule has 0 unspecified atom stereocenters. The lowest BCUT2D eigenvalue weighted by atomic mass is 10.1. The first-order valence-corrected chi connectivity index (χ1v) is 7.39. The van der Waals surface area contributed by atoms with E-state index in [0.717, 1.165) is 24.2 Å². The van der Waals surface area contributed by atoms with Gasteiger partial charge in [0.2, 0.25) is 5.91 Å². The van der Waals surface area contributed by atoms with Crippen LogP contribution in [0.5, 0.6) is 0 Å². The van der Waals surface area contributed by atoms with E-state index in [1.165, 1.54) is 0 Å². The summed E-state index contributed by atoms with van der Waals surface area (Å²) in [4.78, 5) is 13.8. The molecule has 4 nitrogen and oxygen atoms in total. The summed E-state index contributed by atoms with van der Waals surface area (Å²) < 4.78 is 1.84. The van der Waals surface area contributed by atoms with Crippen molar-refractivity contribution in [3.05, 3.63) is 48.3 Å². The minimum Gasteiger partial charge on any atom is -0.345 e. The largest absolute Gasteiger partial charge is 0.345 e. The van der Waals surface area contributed by atoms with Crippen LogP contribution in [-0.2, 0) is 11.2 Å². The molecule has 1 aromatic heterocycles. The van der Waals surface area contributed by atoms with E-state index in [1.54, 1.807) is 0 Å². The average molecular weight is 285 g/mol. The Morgan fingerprint density at radius 1 is 1.29 bits per heavy atom. The average Bonchev–Trinajstić information content (AvgIpc) is 2.94. The van der Waals surface area contributed by atoms with Crippen LogP contribution in [0.15, 0.2) is 42.7 Å². The van der Waals surface area contributed by atoms with Gasteiger partial charge >= 0.3 is 0 Å². The van der Waals surface area contributed by atoms with Gasteiger partial charge in [0, 0.05) is 26.2 Å². The molecule has 112 valence electrons. The van der Waals surface area contributed by atoms with Crippen molar-refractivity contribution in [2.75, 3.05) is 13.6 Å². The zero-order valence-electron chi connectivity index (χ0n) is 13.0. The summed E-state index contributed by atoms with van der Waals surface area (Å²) in [6, 6.07) is 9.98. The lowest BCUT2D eigenvalue weighted by molar-refractivity contribution is -0.130. The minimum absolute atomic E-state index is 0.191. The number of nitrogens with zero attached hydrogens (tertiary/aromatic N) is 3. The lowest BCUT2D eigenvalue weighted by Gasteiger charge is -2.19. The summed E-state index contributed by atoms with van der Waals surface area (Å²) in [7, 11) is 1.87. The van der Waals surface area contributed by atoms with Crippen LogP contribution in [0.3, 0.4) is 0 Å². The van der Waals surface area contributed by atoms with Crippen molar-refractivity contribution in [1.82, 2.24) is 14.7 Å². The Balaban J connectivity index is 1.90. The first-order valence-electron chi connectivity index (χ1n) is 7.39. The van der Waals surface area contributed by atoms with Crippen LogP contribution in [0.1, 0.15) is 25.8 Å². The third-order valence-corrected chi connectivity index (χ3v) is 3.35. The second kappa shape index (κ2) is 7.07. The molecule has 0 atom stereocenters. The van der Waals surface area contributed by atoms with E-state index in [4.69, 9.17) is 0 Å². The SMILES string of the molecule is CC(C)CN(C)C(=O)CCc1cnn(-c2ccccc2)c1. The van der Waals surface area contributed by atoms with E-state index in [0.29, 0.717) is 12.3 Å². The lowest BCUT2D eigenvalue weighted by Crippen LogP contribution is -2.30. The molecule has 0 aliphatic rings. The number of aromatic nitrogens is 2. The standard InChI is InChI=1S/C17H23N3O/c1-14(2)12-19(3)17(21)10-9-15-11-18-20(13-15)16-7-5-4-6-8-16/h4-8,11,13-14H,9-10,12H2,1-3H3. The number of amides is 1. The number of benzene rings is 1. The van der Waals surface area contributed by atoms with Gasteiger partial charge in [-0.15, -0.1) is 0 Å². The predicted octanol–water partition coefficient (Wildman–Crippen LogP) is 2.92. The van der Waals surface area contributed by atoms with Crippen molar-refractivity contribution in [3.63, 3.8) is 0 Å². The molecule has 1 amide bonds. The summed E-state index contributed by atoms with van der Waals surface area (Å²) in [6.07, 6.45) is 5.09. The zero-order chi connectivity index (χ0) is 15.2. The molecule has 1 heterocycles. The van der Waals surface area contributed by atoms with Crippen molar-refractivity contribution in [1.29, 1.82) is 0 Å². The maximum atomic E-state index is 12.0. The molecule has 0 saturated heterocycles. The fourth-order valence-corrected chi connectivity index (χ4v) is 2.30. The van der Waals surface area contributed by atoms with Crippen LogP contribution in [0.4, 0.5) is 0 Å². The third kappa shape index (κ3) is 4.45. The Kier molecular flexibility index (Phi) is 5.14. The Morgan fingerprint density at radius 2 is 2.00 bits per heavy atom. The van der Waals surface area contributed by atoms with Crippen molar-refractivity contribution >= 4 is 5.91 Å². The number of carbonyl (C=O) groups is 1. The molecular weight excluding hydrogens is 262 g/mol. The first kappa shape index (κ1) is 15.3. The monoisotopic (exact) mass is 285 g/mol. The van der Waals surface area contributed by atoms with Gasteiger partial charge in [-0.25, -0.2) is 4.68 Å². The maximum Gasteiger partial charge on any atom is 0.222 e. The van der Waals surface area contributed by atoms with E-state index in [9.17, 15) is 4.79 Å². The van der Waals surface area contributed by atoms with Gasteiger partial charge in [-0.05, 0) is 30.0 Å². The highest BCUT2D eigenvalue weighted by molar-refractivity contribution is 5.76. The molecule has 0 aliphatic carbocycles. The smallest absolute Gasteiger partial charge is 0.222 e. The van der Waals surface area contributed by atoms with Crippen LogP contribution >= 0.6 is 0 Å². The molecular formula is C17H23N3O. The van der Waals surface area contributed by atoms with Gasteiger partial charge in [-0.1, -0.05) is 32.0 Å². The van der Waals surface area contributed by atoms with Crippen molar-refractivity contribution < 1.29 is 4.79 Å². The number of carbonyl (C=O) groups excluding carboxylic acids is 1. The van der Waals surface area contributed by atoms with Crippen molar-refractivity contribution in [2.24, 2.45) is 5.92 Å². The molecule has 0 spiro atoms. The highest BCUT2D eigenvalue weighted by atomic mass is 16.2.